The molecule has 2 saturated heterocycles. The fourth-order valence-electron chi connectivity index (χ4n) is 4.94. The predicted octanol–water partition coefficient (Wildman–Crippen LogP) is 4.17. The van der Waals surface area contributed by atoms with E-state index in [1.54, 1.807) is 15.7 Å². The Morgan fingerprint density at radius 3 is 2.73 bits per heavy atom. The highest BCUT2D eigenvalue weighted by Crippen LogP contribution is 2.35. The molecular weight excluding hydrogens is 399 g/mol. The van der Waals surface area contributed by atoms with E-state index in [9.17, 15) is 4.39 Å². The molecule has 0 spiro atoms. The van der Waals surface area contributed by atoms with Crippen LogP contribution in [-0.4, -0.2) is 44.5 Å². The molecule has 6 rings (SSSR count). The third kappa shape index (κ3) is 2.97. The summed E-state index contributed by atoms with van der Waals surface area (Å²) < 4.78 is 16.2. The van der Waals surface area contributed by atoms with E-state index in [1.807, 2.05) is 31.5 Å². The lowest BCUT2D eigenvalue weighted by atomic mass is 9.99. The predicted molar refractivity (Wildman–Crippen MR) is 118 cm³/mol. The van der Waals surface area contributed by atoms with Crippen molar-refractivity contribution in [2.45, 2.75) is 50.7 Å². The fourth-order valence-corrected chi connectivity index (χ4v) is 5.91. The Balaban J connectivity index is 1.33. The summed E-state index contributed by atoms with van der Waals surface area (Å²) in [6, 6.07) is 7.22. The van der Waals surface area contributed by atoms with Crippen molar-refractivity contribution < 1.29 is 4.39 Å². The summed E-state index contributed by atoms with van der Waals surface area (Å²) in [7, 11) is 2.15. The summed E-state index contributed by atoms with van der Waals surface area (Å²) >= 11 is 1.61. The van der Waals surface area contributed by atoms with Gasteiger partial charge >= 0.3 is 0 Å². The van der Waals surface area contributed by atoms with Gasteiger partial charge in [0.25, 0.3) is 0 Å². The standard InChI is InChI=1S/C22H23FN6S/c1-12-10-29-11-13(7-17(23)20(29)24-12)18-5-6-19-21(26-18)30-22(27-19)28(2)16-8-14-3-4-15(9-16)25-14/h5-7,10-11,14-16,25H,3-4,8-9H2,1-2H3/t14-,15+,16-. The Hall–Kier alpha value is -2.58. The van der Waals surface area contributed by atoms with E-state index >= 15 is 0 Å². The molecular formula is C22H23FN6S. The van der Waals surface area contributed by atoms with Crippen LogP contribution in [0.5, 0.6) is 0 Å². The molecule has 6 heterocycles. The van der Waals surface area contributed by atoms with E-state index in [4.69, 9.17) is 9.97 Å². The van der Waals surface area contributed by atoms with Crippen molar-refractivity contribution in [1.29, 1.82) is 0 Å². The van der Waals surface area contributed by atoms with Crippen LogP contribution in [0.4, 0.5) is 9.52 Å². The Bertz CT molecular complexity index is 1250. The molecule has 2 aliphatic heterocycles. The van der Waals surface area contributed by atoms with Crippen LogP contribution in [0.1, 0.15) is 31.4 Å². The van der Waals surface area contributed by atoms with Crippen molar-refractivity contribution in [3.05, 3.63) is 42.1 Å². The number of hydrogen-bond donors (Lipinski definition) is 1. The van der Waals surface area contributed by atoms with Crippen LogP contribution < -0.4 is 10.2 Å². The van der Waals surface area contributed by atoms with Gasteiger partial charge in [0.1, 0.15) is 10.3 Å². The van der Waals surface area contributed by atoms with Crippen molar-refractivity contribution in [1.82, 2.24) is 24.7 Å². The molecule has 0 amide bonds. The number of fused-ring (bicyclic) bond motifs is 4. The lowest BCUT2D eigenvalue weighted by Gasteiger charge is -2.35. The van der Waals surface area contributed by atoms with Crippen LogP contribution >= 0.6 is 11.3 Å². The molecule has 154 valence electrons. The van der Waals surface area contributed by atoms with Crippen molar-refractivity contribution in [2.75, 3.05) is 11.9 Å². The molecule has 6 nitrogen and oxygen atoms in total. The zero-order chi connectivity index (χ0) is 20.4. The molecule has 2 aliphatic rings. The smallest absolute Gasteiger partial charge is 0.187 e. The summed E-state index contributed by atoms with van der Waals surface area (Å²) in [5.41, 5.74) is 3.50. The molecule has 0 radical (unpaired) electrons. The number of nitrogens with one attached hydrogen (secondary N) is 1. The number of aryl methyl sites for hydroxylation is 1. The summed E-state index contributed by atoms with van der Waals surface area (Å²) in [5, 5.41) is 4.71. The number of nitrogens with zero attached hydrogens (tertiary/aromatic N) is 5. The molecule has 30 heavy (non-hydrogen) atoms. The van der Waals surface area contributed by atoms with Crippen LogP contribution in [0.3, 0.4) is 0 Å². The highest BCUT2D eigenvalue weighted by molar-refractivity contribution is 7.21. The second-order valence-electron chi connectivity index (χ2n) is 8.58. The maximum atomic E-state index is 14.5. The molecule has 0 aromatic carbocycles. The minimum atomic E-state index is -0.340. The van der Waals surface area contributed by atoms with Crippen LogP contribution in [-0.2, 0) is 0 Å². The third-order valence-electron chi connectivity index (χ3n) is 6.46. The number of halogens is 1. The normalized spacial score (nSPS) is 23.5. The van der Waals surface area contributed by atoms with E-state index in [-0.39, 0.29) is 5.82 Å². The Kier molecular flexibility index (Phi) is 4.08. The quantitative estimate of drug-likeness (QED) is 0.537. The second kappa shape index (κ2) is 6.72. The van der Waals surface area contributed by atoms with E-state index in [1.165, 1.54) is 31.7 Å². The van der Waals surface area contributed by atoms with Gasteiger partial charge in [-0.25, -0.2) is 19.3 Å². The first-order chi connectivity index (χ1) is 14.5. The molecule has 0 saturated carbocycles. The SMILES string of the molecule is Cc1cn2cc(-c3ccc4nc(N(C)[C@@H]5C[C@H]6CC[C@@H](C5)N6)sc4n3)cc(F)c2n1. The van der Waals surface area contributed by atoms with Crippen molar-refractivity contribution >= 4 is 32.5 Å². The molecule has 8 heteroatoms. The number of rotatable bonds is 3. The average Bonchev–Trinajstić information content (AvgIpc) is 3.42. The number of anilines is 1. The Morgan fingerprint density at radius 1 is 1.13 bits per heavy atom. The lowest BCUT2D eigenvalue weighted by Crippen LogP contribution is -2.47. The van der Waals surface area contributed by atoms with Gasteiger partial charge < -0.3 is 14.6 Å². The first kappa shape index (κ1) is 18.2. The van der Waals surface area contributed by atoms with Gasteiger partial charge in [0, 0.05) is 43.1 Å². The average molecular weight is 423 g/mol. The van der Waals surface area contributed by atoms with Gasteiger partial charge in [-0.3, -0.25) is 0 Å². The van der Waals surface area contributed by atoms with Gasteiger partial charge in [0.2, 0.25) is 0 Å². The summed E-state index contributed by atoms with van der Waals surface area (Å²) in [6.45, 7) is 1.86. The number of pyridine rings is 2. The van der Waals surface area contributed by atoms with E-state index < -0.39 is 0 Å². The summed E-state index contributed by atoms with van der Waals surface area (Å²) in [4.78, 5) is 17.1. The number of aromatic nitrogens is 4. The van der Waals surface area contributed by atoms with E-state index in [0.29, 0.717) is 23.8 Å². The number of imidazole rings is 1. The summed E-state index contributed by atoms with van der Waals surface area (Å²) in [6.07, 6.45) is 8.63. The van der Waals surface area contributed by atoms with Gasteiger partial charge in [0.05, 0.1) is 11.4 Å². The molecule has 4 aromatic heterocycles. The zero-order valence-corrected chi connectivity index (χ0v) is 17.8. The maximum absolute atomic E-state index is 14.5. The molecule has 4 aromatic rings. The van der Waals surface area contributed by atoms with Gasteiger partial charge in [0.15, 0.2) is 16.6 Å². The van der Waals surface area contributed by atoms with Crippen LogP contribution in [0.25, 0.3) is 27.3 Å². The van der Waals surface area contributed by atoms with Crippen LogP contribution in [0.15, 0.2) is 30.6 Å². The molecule has 0 aliphatic carbocycles. The summed E-state index contributed by atoms with van der Waals surface area (Å²) in [5.74, 6) is -0.340. The first-order valence-electron chi connectivity index (χ1n) is 10.5. The molecule has 2 fully saturated rings. The number of piperidine rings is 1. The minimum absolute atomic E-state index is 0.340. The van der Waals surface area contributed by atoms with Gasteiger partial charge in [-0.05, 0) is 50.8 Å². The first-order valence-corrected chi connectivity index (χ1v) is 11.3. The maximum Gasteiger partial charge on any atom is 0.187 e. The largest absolute Gasteiger partial charge is 0.348 e. The van der Waals surface area contributed by atoms with Crippen molar-refractivity contribution in [3.63, 3.8) is 0 Å². The Labute approximate surface area is 177 Å². The monoisotopic (exact) mass is 422 g/mol. The Morgan fingerprint density at radius 2 is 1.93 bits per heavy atom. The van der Waals surface area contributed by atoms with E-state index in [0.717, 1.165) is 32.4 Å². The van der Waals surface area contributed by atoms with Gasteiger partial charge in [-0.2, -0.15) is 0 Å². The lowest BCUT2D eigenvalue weighted by molar-refractivity contribution is 0.354. The van der Waals surface area contributed by atoms with E-state index in [2.05, 4.69) is 22.2 Å². The van der Waals surface area contributed by atoms with Crippen molar-refractivity contribution in [3.8, 4) is 11.3 Å². The second-order valence-corrected chi connectivity index (χ2v) is 9.54. The molecule has 0 unspecified atom stereocenters. The van der Waals surface area contributed by atoms with Crippen molar-refractivity contribution in [2.24, 2.45) is 0 Å². The highest BCUT2D eigenvalue weighted by Gasteiger charge is 2.35. The number of hydrogen-bond acceptors (Lipinski definition) is 6. The van der Waals surface area contributed by atoms with Gasteiger partial charge in [-0.1, -0.05) is 11.3 Å². The van der Waals surface area contributed by atoms with Gasteiger partial charge in [-0.15, -0.1) is 0 Å². The molecule has 3 atom stereocenters. The topological polar surface area (TPSA) is 58.4 Å². The number of thiazole rings is 1. The van der Waals surface area contributed by atoms with Crippen LogP contribution in [0.2, 0.25) is 0 Å². The highest BCUT2D eigenvalue weighted by atomic mass is 32.1. The zero-order valence-electron chi connectivity index (χ0n) is 17.0. The minimum Gasteiger partial charge on any atom is -0.348 e. The molecule has 1 N–H and O–H groups in total. The van der Waals surface area contributed by atoms with Crippen LogP contribution in [0, 0.1) is 12.7 Å². The third-order valence-corrected chi connectivity index (χ3v) is 7.52. The fraction of sp³-hybridized carbons (Fsp3) is 0.409. The molecule has 2 bridgehead atoms.